The van der Waals surface area contributed by atoms with E-state index in [-0.39, 0.29) is 25.8 Å². The second-order valence-corrected chi connectivity index (χ2v) is 4.94. The van der Waals surface area contributed by atoms with Crippen LogP contribution in [0.1, 0.15) is 25.0 Å². The van der Waals surface area contributed by atoms with Crippen molar-refractivity contribution in [2.24, 2.45) is 0 Å². The van der Waals surface area contributed by atoms with E-state index in [4.69, 9.17) is 0 Å². The van der Waals surface area contributed by atoms with E-state index in [0.717, 1.165) is 6.42 Å². The van der Waals surface area contributed by atoms with Crippen LogP contribution in [-0.4, -0.2) is 0 Å². The first-order valence-electron chi connectivity index (χ1n) is 7.35. The standard InChI is InChI=1S/C13H9.C5H5.C3H7.Hf/c1-3-7-12-10(5-1)9-11-6-2-4-8-13(11)12;1-2-4-5-3-1;1-3-2;/h1-5,7-8H,9H2;1-5H;3H,1-2H3;/q3*-1;. The molecule has 0 unspecified atom stereocenters. The Morgan fingerprint density at radius 1 is 0.909 bits per heavy atom. The van der Waals surface area contributed by atoms with E-state index in [2.05, 4.69) is 42.5 Å². The Morgan fingerprint density at radius 2 is 1.55 bits per heavy atom. The molecule has 112 valence electrons. The second-order valence-electron chi connectivity index (χ2n) is 4.94. The van der Waals surface area contributed by atoms with Gasteiger partial charge in [-0.1, -0.05) is 35.4 Å². The molecule has 0 atom stereocenters. The molecule has 0 radical (unpaired) electrons. The molecular formula is C21H21Hf-3. The van der Waals surface area contributed by atoms with E-state index in [1.165, 1.54) is 22.3 Å². The van der Waals surface area contributed by atoms with Gasteiger partial charge >= 0.3 is 0 Å². The zero-order valence-electron chi connectivity index (χ0n) is 13.2. The van der Waals surface area contributed by atoms with Gasteiger partial charge in [0.25, 0.3) is 0 Å². The summed E-state index contributed by atoms with van der Waals surface area (Å²) in [5, 5.41) is 0. The minimum atomic E-state index is 0. The number of hydrogen-bond acceptors (Lipinski definition) is 0. The molecule has 3 aromatic carbocycles. The van der Waals surface area contributed by atoms with Crippen LogP contribution in [0.2, 0.25) is 0 Å². The van der Waals surface area contributed by atoms with Gasteiger partial charge in [0.05, 0.1) is 0 Å². The van der Waals surface area contributed by atoms with Crippen LogP contribution >= 0.6 is 0 Å². The number of hydrogen-bond donors (Lipinski definition) is 0. The monoisotopic (exact) mass is 453 g/mol. The van der Waals surface area contributed by atoms with Crippen molar-refractivity contribution in [2.45, 2.75) is 20.3 Å². The first-order chi connectivity index (χ1) is 10.4. The first-order valence-corrected chi connectivity index (χ1v) is 7.35. The van der Waals surface area contributed by atoms with Crippen molar-refractivity contribution in [1.29, 1.82) is 0 Å². The zero-order valence-corrected chi connectivity index (χ0v) is 16.8. The molecule has 0 bridgehead atoms. The van der Waals surface area contributed by atoms with Gasteiger partial charge in [-0.05, 0) is 6.42 Å². The van der Waals surface area contributed by atoms with E-state index in [1.807, 2.05) is 56.7 Å². The third kappa shape index (κ3) is 5.14. The first kappa shape index (κ1) is 18.7. The molecule has 0 amide bonds. The fourth-order valence-corrected chi connectivity index (χ4v) is 2.32. The SMILES string of the molecule is C[CH-]C.[Hf].[c-]1cccc2c1Cc1ccccc1-2.c1cc[cH-]c1. The summed E-state index contributed by atoms with van der Waals surface area (Å²) in [5.74, 6) is 0. The van der Waals surface area contributed by atoms with Crippen molar-refractivity contribution in [3.8, 4) is 11.1 Å². The van der Waals surface area contributed by atoms with Gasteiger partial charge < -0.3 is 6.42 Å². The molecule has 0 aromatic heterocycles. The Labute approximate surface area is 153 Å². The zero-order chi connectivity index (χ0) is 14.9. The van der Waals surface area contributed by atoms with Gasteiger partial charge in [0.15, 0.2) is 0 Å². The normalized spacial score (nSPS) is 9.91. The fourth-order valence-electron chi connectivity index (χ4n) is 2.32. The molecule has 0 saturated carbocycles. The van der Waals surface area contributed by atoms with Gasteiger partial charge in [0.2, 0.25) is 0 Å². The van der Waals surface area contributed by atoms with Crippen LogP contribution < -0.4 is 0 Å². The smallest absolute Gasteiger partial charge is 0 e. The maximum atomic E-state index is 3.30. The predicted octanol–water partition coefficient (Wildman–Crippen LogP) is 5.69. The molecule has 0 nitrogen and oxygen atoms in total. The molecule has 0 N–H and O–H groups in total. The van der Waals surface area contributed by atoms with E-state index in [0.29, 0.717) is 0 Å². The van der Waals surface area contributed by atoms with Crippen molar-refractivity contribution in [3.05, 3.63) is 96.4 Å². The average Bonchev–Trinajstić information content (AvgIpc) is 3.19. The van der Waals surface area contributed by atoms with Gasteiger partial charge in [-0.3, -0.25) is 0 Å². The Hall–Kier alpha value is -1.34. The third-order valence-corrected chi connectivity index (χ3v) is 3.17. The predicted molar refractivity (Wildman–Crippen MR) is 91.2 cm³/mol. The van der Waals surface area contributed by atoms with Gasteiger partial charge in [-0.2, -0.15) is 61.9 Å². The summed E-state index contributed by atoms with van der Waals surface area (Å²) in [7, 11) is 0. The van der Waals surface area contributed by atoms with Crippen LogP contribution in [0, 0.1) is 12.5 Å². The number of fused-ring (bicyclic) bond motifs is 3. The van der Waals surface area contributed by atoms with Gasteiger partial charge in [0, 0.05) is 25.8 Å². The number of rotatable bonds is 0. The summed E-state index contributed by atoms with van der Waals surface area (Å²) in [6.45, 7) is 4.00. The van der Waals surface area contributed by atoms with Crippen molar-refractivity contribution in [2.75, 3.05) is 0 Å². The second kappa shape index (κ2) is 10.4. The molecule has 1 aliphatic rings. The van der Waals surface area contributed by atoms with E-state index >= 15 is 0 Å². The summed E-state index contributed by atoms with van der Waals surface area (Å²) in [6, 6.07) is 28.1. The molecular weight excluding hydrogens is 431 g/mol. The quantitative estimate of drug-likeness (QED) is 0.238. The molecule has 0 saturated heterocycles. The Morgan fingerprint density at radius 3 is 2.18 bits per heavy atom. The molecule has 0 fully saturated rings. The van der Waals surface area contributed by atoms with Crippen LogP contribution in [0.3, 0.4) is 0 Å². The van der Waals surface area contributed by atoms with Crippen LogP contribution in [0.25, 0.3) is 11.1 Å². The third-order valence-electron chi connectivity index (χ3n) is 3.17. The molecule has 4 rings (SSSR count). The number of benzene rings is 2. The summed E-state index contributed by atoms with van der Waals surface area (Å²) in [4.78, 5) is 0. The molecule has 0 spiro atoms. The van der Waals surface area contributed by atoms with Crippen molar-refractivity contribution in [1.82, 2.24) is 0 Å². The van der Waals surface area contributed by atoms with Crippen molar-refractivity contribution in [3.63, 3.8) is 0 Å². The van der Waals surface area contributed by atoms with Crippen LogP contribution in [0.5, 0.6) is 0 Å². The Balaban J connectivity index is 0.000000227. The van der Waals surface area contributed by atoms with E-state index in [9.17, 15) is 0 Å². The summed E-state index contributed by atoms with van der Waals surface area (Å²) >= 11 is 0. The maximum absolute atomic E-state index is 3.30. The fraction of sp³-hybridized carbons (Fsp3) is 0.143. The summed E-state index contributed by atoms with van der Waals surface area (Å²) < 4.78 is 0. The Kier molecular flexibility index (Phi) is 8.84. The largest absolute Gasteiger partial charge is 0.335 e. The Bertz CT molecular complexity index is 578. The summed E-state index contributed by atoms with van der Waals surface area (Å²) in [5.41, 5.74) is 5.51. The molecule has 1 heteroatoms. The minimum absolute atomic E-state index is 0. The van der Waals surface area contributed by atoms with Crippen LogP contribution in [0.4, 0.5) is 0 Å². The van der Waals surface area contributed by atoms with Gasteiger partial charge in [0.1, 0.15) is 0 Å². The molecule has 22 heavy (non-hydrogen) atoms. The van der Waals surface area contributed by atoms with Crippen LogP contribution in [-0.2, 0) is 32.3 Å². The van der Waals surface area contributed by atoms with Crippen LogP contribution in [0.15, 0.2) is 72.8 Å². The topological polar surface area (TPSA) is 0 Å². The van der Waals surface area contributed by atoms with Gasteiger partial charge in [-0.25, -0.2) is 12.1 Å². The minimum Gasteiger partial charge on any atom is -0.335 e. The van der Waals surface area contributed by atoms with Crippen molar-refractivity contribution >= 4 is 0 Å². The van der Waals surface area contributed by atoms with Gasteiger partial charge in [-0.15, -0.1) is 5.56 Å². The maximum Gasteiger partial charge on any atom is 0 e. The molecule has 3 aromatic rings. The van der Waals surface area contributed by atoms with E-state index in [1.54, 1.807) is 0 Å². The molecule has 1 aliphatic carbocycles. The average molecular weight is 452 g/mol. The van der Waals surface area contributed by atoms with E-state index < -0.39 is 0 Å². The summed E-state index contributed by atoms with van der Waals surface area (Å²) in [6.07, 6.45) is 3.05. The molecule has 0 heterocycles. The van der Waals surface area contributed by atoms with Crippen molar-refractivity contribution < 1.29 is 25.8 Å². The molecule has 0 aliphatic heterocycles.